The molecule has 0 amide bonds. The second-order valence-corrected chi connectivity index (χ2v) is 6.36. The topological polar surface area (TPSA) is 75.8 Å². The van der Waals surface area contributed by atoms with E-state index in [9.17, 15) is 9.90 Å². The van der Waals surface area contributed by atoms with Crippen molar-refractivity contribution in [1.82, 2.24) is 4.98 Å². The molecule has 2 saturated heterocycles. The van der Waals surface area contributed by atoms with Crippen molar-refractivity contribution in [3.05, 3.63) is 24.6 Å². The monoisotopic (exact) mass is 316 g/mol. The van der Waals surface area contributed by atoms with E-state index in [1.54, 1.807) is 12.5 Å². The Morgan fingerprint density at radius 2 is 2.09 bits per heavy atom. The van der Waals surface area contributed by atoms with Gasteiger partial charge in [0.25, 0.3) is 0 Å². The molecule has 23 heavy (non-hydrogen) atoms. The van der Waals surface area contributed by atoms with Gasteiger partial charge in [-0.15, -0.1) is 0 Å². The summed E-state index contributed by atoms with van der Waals surface area (Å²) in [6.45, 7) is 2.31. The molecule has 2 aromatic heterocycles. The van der Waals surface area contributed by atoms with Crippen molar-refractivity contribution in [2.75, 3.05) is 24.6 Å². The molecule has 122 valence electrons. The number of aliphatic carboxylic acids is 1. The third kappa shape index (κ3) is 2.57. The van der Waals surface area contributed by atoms with Crippen LogP contribution in [0.4, 0.5) is 5.82 Å². The van der Waals surface area contributed by atoms with Crippen molar-refractivity contribution >= 4 is 22.8 Å². The van der Waals surface area contributed by atoms with Crippen LogP contribution in [-0.4, -0.2) is 41.9 Å². The molecule has 6 nitrogen and oxygen atoms in total. The van der Waals surface area contributed by atoms with Crippen molar-refractivity contribution in [1.29, 1.82) is 0 Å². The van der Waals surface area contributed by atoms with Gasteiger partial charge < -0.3 is 19.2 Å². The Morgan fingerprint density at radius 3 is 2.87 bits per heavy atom. The lowest BCUT2D eigenvalue weighted by Crippen LogP contribution is -2.41. The van der Waals surface area contributed by atoms with Crippen molar-refractivity contribution in [3.8, 4) is 0 Å². The van der Waals surface area contributed by atoms with Gasteiger partial charge in [-0.2, -0.15) is 0 Å². The lowest BCUT2D eigenvalue weighted by Gasteiger charge is -2.36. The second-order valence-electron chi connectivity index (χ2n) is 6.36. The standard InChI is InChI=1S/C17H20N2O4/c20-17(21)13-5-10-23-15(13)11-2-7-19(8-3-11)16-12-4-9-22-14(12)1-6-18-16/h1,4,6,9,11,13,15H,2-3,5,7-8,10H2,(H,20,21)/t13-,15+/m1/s1. The molecule has 2 fully saturated rings. The van der Waals surface area contributed by atoms with Crippen LogP contribution in [0, 0.1) is 11.8 Å². The van der Waals surface area contributed by atoms with Crippen LogP contribution in [0.2, 0.25) is 0 Å². The first-order chi connectivity index (χ1) is 11.2. The molecular formula is C17H20N2O4. The largest absolute Gasteiger partial charge is 0.481 e. The number of carbonyl (C=O) groups is 1. The van der Waals surface area contributed by atoms with E-state index < -0.39 is 5.97 Å². The summed E-state index contributed by atoms with van der Waals surface area (Å²) in [5.41, 5.74) is 0.849. The number of carboxylic acid groups (broad SMARTS) is 1. The highest BCUT2D eigenvalue weighted by molar-refractivity contribution is 5.88. The molecule has 2 aliphatic heterocycles. The number of aromatic nitrogens is 1. The quantitative estimate of drug-likeness (QED) is 0.938. The Balaban J connectivity index is 1.47. The average molecular weight is 316 g/mol. The fraction of sp³-hybridized carbons (Fsp3) is 0.529. The summed E-state index contributed by atoms with van der Waals surface area (Å²) in [6.07, 6.45) is 5.83. The van der Waals surface area contributed by atoms with Crippen LogP contribution in [0.5, 0.6) is 0 Å². The number of ether oxygens (including phenoxy) is 1. The summed E-state index contributed by atoms with van der Waals surface area (Å²) in [5, 5.41) is 10.4. The highest BCUT2D eigenvalue weighted by atomic mass is 16.5. The van der Waals surface area contributed by atoms with Crippen molar-refractivity contribution in [2.45, 2.75) is 25.4 Å². The predicted molar refractivity (Wildman–Crippen MR) is 84.4 cm³/mol. The lowest BCUT2D eigenvalue weighted by atomic mass is 9.84. The van der Waals surface area contributed by atoms with Gasteiger partial charge in [0.1, 0.15) is 11.4 Å². The van der Waals surface area contributed by atoms with Gasteiger partial charge in [-0.1, -0.05) is 0 Å². The molecule has 0 unspecified atom stereocenters. The Kier molecular flexibility index (Phi) is 3.69. The molecular weight excluding hydrogens is 296 g/mol. The molecule has 0 radical (unpaired) electrons. The number of anilines is 1. The Bertz CT molecular complexity index is 705. The minimum absolute atomic E-state index is 0.132. The van der Waals surface area contributed by atoms with E-state index >= 15 is 0 Å². The summed E-state index contributed by atoms with van der Waals surface area (Å²) in [5.74, 6) is 0.206. The Morgan fingerprint density at radius 1 is 1.26 bits per heavy atom. The van der Waals surface area contributed by atoms with Gasteiger partial charge in [-0.3, -0.25) is 4.79 Å². The molecule has 0 bridgehead atoms. The van der Waals surface area contributed by atoms with Gasteiger partial charge >= 0.3 is 5.97 Å². The molecule has 2 aromatic rings. The van der Waals surface area contributed by atoms with Crippen molar-refractivity contribution in [3.63, 3.8) is 0 Å². The minimum atomic E-state index is -0.722. The Hall–Kier alpha value is -2.08. The lowest BCUT2D eigenvalue weighted by molar-refractivity contribution is -0.144. The zero-order chi connectivity index (χ0) is 15.8. The van der Waals surface area contributed by atoms with E-state index in [2.05, 4.69) is 9.88 Å². The molecule has 4 heterocycles. The van der Waals surface area contributed by atoms with Crippen LogP contribution in [0.25, 0.3) is 11.0 Å². The molecule has 0 aromatic carbocycles. The van der Waals surface area contributed by atoms with Crippen LogP contribution < -0.4 is 4.90 Å². The van der Waals surface area contributed by atoms with Crippen LogP contribution in [0.3, 0.4) is 0 Å². The number of hydrogen-bond acceptors (Lipinski definition) is 5. The number of fused-ring (bicyclic) bond motifs is 1. The van der Waals surface area contributed by atoms with Gasteiger partial charge in [-0.05, 0) is 37.3 Å². The molecule has 4 rings (SSSR count). The summed E-state index contributed by atoms with van der Waals surface area (Å²) in [6, 6.07) is 3.82. The first-order valence-corrected chi connectivity index (χ1v) is 8.15. The fourth-order valence-corrected chi connectivity index (χ4v) is 3.91. The molecule has 2 atom stereocenters. The molecule has 0 spiro atoms. The number of nitrogens with zero attached hydrogens (tertiary/aromatic N) is 2. The number of pyridine rings is 1. The number of carboxylic acids is 1. The Labute approximate surface area is 134 Å². The predicted octanol–water partition coefficient (Wildman–Crippen LogP) is 2.53. The summed E-state index contributed by atoms with van der Waals surface area (Å²) in [7, 11) is 0. The zero-order valence-corrected chi connectivity index (χ0v) is 12.9. The highest BCUT2D eigenvalue weighted by Gasteiger charge is 2.40. The van der Waals surface area contributed by atoms with Gasteiger partial charge in [0.2, 0.25) is 0 Å². The summed E-state index contributed by atoms with van der Waals surface area (Å²) < 4.78 is 11.2. The zero-order valence-electron chi connectivity index (χ0n) is 12.9. The fourth-order valence-electron chi connectivity index (χ4n) is 3.91. The van der Waals surface area contributed by atoms with E-state index in [0.717, 1.165) is 42.7 Å². The number of piperidine rings is 1. The van der Waals surface area contributed by atoms with Crippen LogP contribution in [-0.2, 0) is 9.53 Å². The summed E-state index contributed by atoms with van der Waals surface area (Å²) in [4.78, 5) is 18.1. The van der Waals surface area contributed by atoms with Gasteiger partial charge in [0.05, 0.1) is 23.7 Å². The van der Waals surface area contributed by atoms with E-state index in [0.29, 0.717) is 18.9 Å². The minimum Gasteiger partial charge on any atom is -0.481 e. The number of rotatable bonds is 3. The van der Waals surface area contributed by atoms with Crippen LogP contribution in [0.15, 0.2) is 29.0 Å². The number of hydrogen-bond donors (Lipinski definition) is 1. The molecule has 0 aliphatic carbocycles. The average Bonchev–Trinajstić information content (AvgIpc) is 3.23. The SMILES string of the molecule is O=C(O)[C@@H]1CCO[C@H]1C1CCN(c2nccc3occc23)CC1. The summed E-state index contributed by atoms with van der Waals surface area (Å²) >= 11 is 0. The van der Waals surface area contributed by atoms with Crippen LogP contribution in [0.1, 0.15) is 19.3 Å². The maximum Gasteiger partial charge on any atom is 0.309 e. The normalized spacial score (nSPS) is 26.0. The third-order valence-corrected chi connectivity index (χ3v) is 5.12. The molecule has 0 saturated carbocycles. The van der Waals surface area contributed by atoms with Gasteiger partial charge in [0, 0.05) is 25.9 Å². The van der Waals surface area contributed by atoms with E-state index in [4.69, 9.17) is 9.15 Å². The second kappa shape index (κ2) is 5.85. The molecule has 2 aliphatic rings. The maximum atomic E-state index is 11.3. The van der Waals surface area contributed by atoms with E-state index in [-0.39, 0.29) is 12.0 Å². The molecule has 6 heteroatoms. The smallest absolute Gasteiger partial charge is 0.309 e. The van der Waals surface area contributed by atoms with E-state index in [1.165, 1.54) is 0 Å². The number of furan rings is 1. The van der Waals surface area contributed by atoms with Crippen molar-refractivity contribution < 1.29 is 19.1 Å². The van der Waals surface area contributed by atoms with Crippen molar-refractivity contribution in [2.24, 2.45) is 11.8 Å². The first-order valence-electron chi connectivity index (χ1n) is 8.15. The van der Waals surface area contributed by atoms with Crippen LogP contribution >= 0.6 is 0 Å². The van der Waals surface area contributed by atoms with E-state index in [1.807, 2.05) is 12.1 Å². The maximum absolute atomic E-state index is 11.3. The third-order valence-electron chi connectivity index (χ3n) is 5.12. The highest BCUT2D eigenvalue weighted by Crippen LogP contribution is 2.35. The van der Waals surface area contributed by atoms with Gasteiger partial charge in [0.15, 0.2) is 0 Å². The first kappa shape index (κ1) is 14.5. The molecule has 1 N–H and O–H groups in total. The van der Waals surface area contributed by atoms with Gasteiger partial charge in [-0.25, -0.2) is 4.98 Å².